The first-order chi connectivity index (χ1) is 6.72. The van der Waals surface area contributed by atoms with Gasteiger partial charge in [-0.3, -0.25) is 4.79 Å². The van der Waals surface area contributed by atoms with E-state index in [2.05, 4.69) is 13.0 Å². The molecule has 0 spiro atoms. The van der Waals surface area contributed by atoms with Crippen molar-refractivity contribution >= 4 is 6.29 Å². The number of hydrogen-bond donors (Lipinski definition) is 0. The molecule has 2 nitrogen and oxygen atoms in total. The highest BCUT2D eigenvalue weighted by atomic mass is 16.5. The number of hydrogen-bond acceptors (Lipinski definition) is 2. The van der Waals surface area contributed by atoms with E-state index >= 15 is 0 Å². The van der Waals surface area contributed by atoms with Crippen LogP contribution in [0.15, 0.2) is 18.2 Å². The second-order valence-electron chi connectivity index (χ2n) is 3.87. The lowest BCUT2D eigenvalue weighted by molar-refractivity contribution is -0.128. The summed E-state index contributed by atoms with van der Waals surface area (Å²) in [5, 5.41) is 0. The molecule has 0 saturated heterocycles. The van der Waals surface area contributed by atoms with Gasteiger partial charge >= 0.3 is 0 Å². The van der Waals surface area contributed by atoms with Crippen LogP contribution in [0.3, 0.4) is 0 Å². The van der Waals surface area contributed by atoms with Crippen LogP contribution in [-0.2, 0) is 21.6 Å². The van der Waals surface area contributed by atoms with Crippen LogP contribution in [0, 0.1) is 6.92 Å². The molecule has 0 N–H and O–H groups in total. The zero-order valence-corrected chi connectivity index (χ0v) is 8.54. The number of aldehydes is 1. The average molecular weight is 190 g/mol. The minimum Gasteiger partial charge on any atom is -0.366 e. The monoisotopic (exact) mass is 190 g/mol. The number of fused-ring (bicyclic) bond motifs is 1. The van der Waals surface area contributed by atoms with Gasteiger partial charge in [-0.1, -0.05) is 23.8 Å². The van der Waals surface area contributed by atoms with E-state index in [9.17, 15) is 4.79 Å². The van der Waals surface area contributed by atoms with Crippen molar-refractivity contribution in [3.8, 4) is 0 Å². The fourth-order valence-electron chi connectivity index (χ4n) is 2.18. The van der Waals surface area contributed by atoms with Gasteiger partial charge in [0.2, 0.25) is 0 Å². The highest BCUT2D eigenvalue weighted by Crippen LogP contribution is 2.38. The third-order valence-electron chi connectivity index (χ3n) is 3.04. The largest absolute Gasteiger partial charge is 0.366 e. The molecule has 0 radical (unpaired) electrons. The van der Waals surface area contributed by atoms with E-state index in [1.54, 1.807) is 7.11 Å². The summed E-state index contributed by atoms with van der Waals surface area (Å²) in [5.74, 6) is 0. The quantitative estimate of drug-likeness (QED) is 0.666. The summed E-state index contributed by atoms with van der Waals surface area (Å²) in [4.78, 5) is 11.1. The third-order valence-corrected chi connectivity index (χ3v) is 3.04. The van der Waals surface area contributed by atoms with Gasteiger partial charge in [-0.05, 0) is 30.9 Å². The Labute approximate surface area is 83.9 Å². The first-order valence-corrected chi connectivity index (χ1v) is 4.83. The summed E-state index contributed by atoms with van der Waals surface area (Å²) in [6, 6.07) is 6.18. The van der Waals surface area contributed by atoms with Crippen LogP contribution in [0.2, 0.25) is 0 Å². The Kier molecular flexibility index (Phi) is 2.16. The van der Waals surface area contributed by atoms with E-state index < -0.39 is 5.60 Å². The van der Waals surface area contributed by atoms with Gasteiger partial charge in [0, 0.05) is 7.11 Å². The van der Waals surface area contributed by atoms with E-state index in [-0.39, 0.29) is 0 Å². The van der Waals surface area contributed by atoms with Crippen LogP contribution < -0.4 is 0 Å². The van der Waals surface area contributed by atoms with Crippen molar-refractivity contribution in [1.82, 2.24) is 0 Å². The molecular formula is C12H14O2. The number of carbonyl (C=O) groups is 1. The third kappa shape index (κ3) is 1.18. The maximum Gasteiger partial charge on any atom is 0.156 e. The lowest BCUT2D eigenvalue weighted by atomic mass is 9.97. The fourth-order valence-corrected chi connectivity index (χ4v) is 2.18. The van der Waals surface area contributed by atoms with Crippen LogP contribution in [0.25, 0.3) is 0 Å². The summed E-state index contributed by atoms with van der Waals surface area (Å²) in [7, 11) is 1.60. The zero-order chi connectivity index (χ0) is 10.2. The molecule has 0 bridgehead atoms. The molecule has 2 rings (SSSR count). The second-order valence-corrected chi connectivity index (χ2v) is 3.87. The molecule has 1 aromatic rings. The molecule has 1 aromatic carbocycles. The van der Waals surface area contributed by atoms with Crippen LogP contribution >= 0.6 is 0 Å². The van der Waals surface area contributed by atoms with Gasteiger partial charge in [0.1, 0.15) is 5.60 Å². The molecule has 1 unspecified atom stereocenters. The van der Waals surface area contributed by atoms with E-state index in [0.29, 0.717) is 0 Å². The molecule has 0 fully saturated rings. The lowest BCUT2D eigenvalue weighted by Crippen LogP contribution is -2.27. The van der Waals surface area contributed by atoms with E-state index in [1.165, 1.54) is 11.1 Å². The van der Waals surface area contributed by atoms with Gasteiger partial charge in [-0.15, -0.1) is 0 Å². The topological polar surface area (TPSA) is 26.3 Å². The Bertz CT molecular complexity index is 371. The molecule has 0 heterocycles. The lowest BCUT2D eigenvalue weighted by Gasteiger charge is -2.21. The molecule has 0 aromatic heterocycles. The van der Waals surface area contributed by atoms with Gasteiger partial charge in [0.25, 0.3) is 0 Å². The van der Waals surface area contributed by atoms with Crippen molar-refractivity contribution in [2.45, 2.75) is 25.4 Å². The summed E-state index contributed by atoms with van der Waals surface area (Å²) in [6.07, 6.45) is 2.63. The molecule has 1 aliphatic rings. The van der Waals surface area contributed by atoms with Crippen LogP contribution in [0.4, 0.5) is 0 Å². The summed E-state index contributed by atoms with van der Waals surface area (Å²) in [5.41, 5.74) is 2.85. The maximum absolute atomic E-state index is 11.1. The minimum absolute atomic E-state index is 0.678. The molecule has 1 atom stereocenters. The number of benzene rings is 1. The van der Waals surface area contributed by atoms with Gasteiger partial charge in [-0.2, -0.15) is 0 Å². The summed E-state index contributed by atoms with van der Waals surface area (Å²) in [6.45, 7) is 2.06. The van der Waals surface area contributed by atoms with Crippen molar-refractivity contribution < 1.29 is 9.53 Å². The minimum atomic E-state index is -0.678. The highest BCUT2D eigenvalue weighted by Gasteiger charge is 2.38. The maximum atomic E-state index is 11.1. The Hall–Kier alpha value is -1.15. The SMILES string of the molecule is COC1(C=O)CCc2cc(C)ccc21. The number of aryl methyl sites for hydroxylation is 2. The Morgan fingerprint density at radius 2 is 2.29 bits per heavy atom. The van der Waals surface area contributed by atoms with E-state index in [4.69, 9.17) is 4.74 Å². The molecule has 14 heavy (non-hydrogen) atoms. The fraction of sp³-hybridized carbons (Fsp3) is 0.417. The van der Waals surface area contributed by atoms with Crippen molar-refractivity contribution in [2.75, 3.05) is 7.11 Å². The van der Waals surface area contributed by atoms with Crippen molar-refractivity contribution in [3.05, 3.63) is 34.9 Å². The van der Waals surface area contributed by atoms with Gasteiger partial charge in [0.15, 0.2) is 6.29 Å². The van der Waals surface area contributed by atoms with Gasteiger partial charge in [0.05, 0.1) is 0 Å². The van der Waals surface area contributed by atoms with Crippen LogP contribution in [-0.4, -0.2) is 13.4 Å². The number of ether oxygens (including phenoxy) is 1. The first-order valence-electron chi connectivity index (χ1n) is 4.83. The standard InChI is InChI=1S/C12H14O2/c1-9-3-4-11-10(7-9)5-6-12(11,8-13)14-2/h3-4,7-8H,5-6H2,1-2H3. The van der Waals surface area contributed by atoms with E-state index in [1.807, 2.05) is 12.1 Å². The van der Waals surface area contributed by atoms with Crippen LogP contribution in [0.5, 0.6) is 0 Å². The second kappa shape index (κ2) is 3.21. The van der Waals surface area contributed by atoms with Gasteiger partial charge in [-0.25, -0.2) is 0 Å². The first kappa shape index (κ1) is 9.41. The Morgan fingerprint density at radius 1 is 1.50 bits per heavy atom. The average Bonchev–Trinajstić information content (AvgIpc) is 2.56. The molecule has 1 aliphatic carbocycles. The smallest absolute Gasteiger partial charge is 0.156 e. The number of methoxy groups -OCH3 is 1. The zero-order valence-electron chi connectivity index (χ0n) is 8.54. The summed E-state index contributed by atoms with van der Waals surface area (Å²) >= 11 is 0. The van der Waals surface area contributed by atoms with Crippen LogP contribution in [0.1, 0.15) is 23.1 Å². The molecule has 74 valence electrons. The predicted molar refractivity (Wildman–Crippen MR) is 54.3 cm³/mol. The Balaban J connectivity index is 2.53. The normalized spacial score (nSPS) is 24.7. The predicted octanol–water partition coefficient (Wildman–Crippen LogP) is 1.98. The molecular weight excluding hydrogens is 176 g/mol. The molecule has 0 saturated carbocycles. The van der Waals surface area contributed by atoms with Crippen molar-refractivity contribution in [3.63, 3.8) is 0 Å². The summed E-state index contributed by atoms with van der Waals surface area (Å²) < 4.78 is 5.35. The van der Waals surface area contributed by atoms with Crippen molar-refractivity contribution in [1.29, 1.82) is 0 Å². The van der Waals surface area contributed by atoms with Crippen molar-refractivity contribution in [2.24, 2.45) is 0 Å². The Morgan fingerprint density at radius 3 is 2.93 bits per heavy atom. The number of carbonyl (C=O) groups excluding carboxylic acids is 1. The molecule has 0 amide bonds. The highest BCUT2D eigenvalue weighted by molar-refractivity contribution is 5.69. The van der Waals surface area contributed by atoms with E-state index in [0.717, 1.165) is 24.7 Å². The van der Waals surface area contributed by atoms with Gasteiger partial charge < -0.3 is 4.74 Å². The molecule has 0 aliphatic heterocycles. The number of rotatable bonds is 2. The molecule has 2 heteroatoms.